The van der Waals surface area contributed by atoms with Gasteiger partial charge in [-0.25, -0.2) is 0 Å². The zero-order valence-corrected chi connectivity index (χ0v) is 8.10. The van der Waals surface area contributed by atoms with E-state index in [2.05, 4.69) is 0 Å². The van der Waals surface area contributed by atoms with Crippen molar-refractivity contribution in [3.63, 3.8) is 0 Å². The second kappa shape index (κ2) is 4.10. The highest BCUT2D eigenvalue weighted by molar-refractivity contribution is 5.45. The maximum absolute atomic E-state index is 12.3. The van der Waals surface area contributed by atoms with Crippen molar-refractivity contribution in [2.75, 3.05) is 5.32 Å². The van der Waals surface area contributed by atoms with Gasteiger partial charge in [-0.05, 0) is 12.1 Å². The number of alkyl halides is 6. The summed E-state index contributed by atoms with van der Waals surface area (Å²) in [4.78, 5) is 0. The number of rotatable bonds is 2. The highest BCUT2D eigenvalue weighted by atomic mass is 19.4. The molecule has 2 nitrogen and oxygen atoms in total. The minimum atomic E-state index is -5.89. The Morgan fingerprint density at radius 2 is 1.24 bits per heavy atom. The number of hydrogen-bond donors (Lipinski definition) is 2. The van der Waals surface area contributed by atoms with Gasteiger partial charge in [-0.1, -0.05) is 18.2 Å². The largest absolute Gasteiger partial charge is 0.446 e. The van der Waals surface area contributed by atoms with Gasteiger partial charge in [0.15, 0.2) is 0 Å². The summed E-state index contributed by atoms with van der Waals surface area (Å²) in [6.07, 6.45) is -11.8. The maximum Gasteiger partial charge on any atom is 0.446 e. The molecule has 0 saturated carbocycles. The molecule has 0 unspecified atom stereocenters. The van der Waals surface area contributed by atoms with E-state index in [1.807, 2.05) is 0 Å². The standard InChI is InChI=1S/C9H7F6NO/c10-8(11,12)7(17,9(13,14)15)16-6-4-2-1-3-5-6/h1-5,16-17H. The Bertz CT molecular complexity index is 357. The van der Waals surface area contributed by atoms with E-state index < -0.39 is 23.8 Å². The summed E-state index contributed by atoms with van der Waals surface area (Å²) < 4.78 is 73.5. The molecular formula is C9H7F6NO. The molecule has 0 heterocycles. The van der Waals surface area contributed by atoms with Crippen LogP contribution in [0.1, 0.15) is 0 Å². The monoisotopic (exact) mass is 259 g/mol. The quantitative estimate of drug-likeness (QED) is 0.632. The highest BCUT2D eigenvalue weighted by Crippen LogP contribution is 2.43. The summed E-state index contributed by atoms with van der Waals surface area (Å²) in [5, 5.41) is 9.82. The SMILES string of the molecule is OC(Nc1ccccc1)(C(F)(F)F)C(F)(F)F. The van der Waals surface area contributed by atoms with Crippen molar-refractivity contribution >= 4 is 5.69 Å². The molecule has 0 atom stereocenters. The molecule has 0 saturated heterocycles. The Morgan fingerprint density at radius 3 is 1.59 bits per heavy atom. The fourth-order valence-corrected chi connectivity index (χ4v) is 1.03. The molecule has 0 aliphatic heterocycles. The molecule has 1 aromatic rings. The predicted molar refractivity (Wildman–Crippen MR) is 47.1 cm³/mol. The summed E-state index contributed by atoms with van der Waals surface area (Å²) in [6, 6.07) is 5.82. The van der Waals surface area contributed by atoms with Crippen molar-refractivity contribution in [3.8, 4) is 0 Å². The zero-order chi connectivity index (χ0) is 13.3. The van der Waals surface area contributed by atoms with Gasteiger partial charge in [0.25, 0.3) is 0 Å². The van der Waals surface area contributed by atoms with E-state index in [1.165, 1.54) is 18.2 Å². The molecule has 0 amide bonds. The fraction of sp³-hybridized carbons (Fsp3) is 0.333. The van der Waals surface area contributed by atoms with Gasteiger partial charge in [0.2, 0.25) is 0 Å². The Morgan fingerprint density at radius 1 is 0.824 bits per heavy atom. The molecule has 1 aromatic carbocycles. The van der Waals surface area contributed by atoms with Crippen LogP contribution in [0.5, 0.6) is 0 Å². The molecule has 0 spiro atoms. The van der Waals surface area contributed by atoms with E-state index in [-0.39, 0.29) is 0 Å². The molecule has 8 heteroatoms. The Balaban J connectivity index is 3.11. The molecule has 0 aromatic heterocycles. The second-order valence-corrected chi connectivity index (χ2v) is 3.20. The smallest absolute Gasteiger partial charge is 0.357 e. The molecule has 0 aliphatic rings. The Hall–Kier alpha value is -1.44. The van der Waals surface area contributed by atoms with E-state index >= 15 is 0 Å². The van der Waals surface area contributed by atoms with E-state index in [1.54, 1.807) is 0 Å². The second-order valence-electron chi connectivity index (χ2n) is 3.20. The third-order valence-electron chi connectivity index (χ3n) is 1.92. The number of benzene rings is 1. The summed E-state index contributed by atoms with van der Waals surface area (Å²) in [6.45, 7) is 0. The lowest BCUT2D eigenvalue weighted by molar-refractivity contribution is -0.356. The van der Waals surface area contributed by atoms with Gasteiger partial charge in [0.05, 0.1) is 0 Å². The number of para-hydroxylation sites is 1. The molecular weight excluding hydrogens is 252 g/mol. The van der Waals surface area contributed by atoms with Gasteiger partial charge < -0.3 is 10.4 Å². The third-order valence-corrected chi connectivity index (χ3v) is 1.92. The highest BCUT2D eigenvalue weighted by Gasteiger charge is 2.71. The minimum Gasteiger partial charge on any atom is -0.357 e. The topological polar surface area (TPSA) is 32.3 Å². The molecule has 1 rings (SSSR count). The van der Waals surface area contributed by atoms with Crippen LogP contribution in [-0.4, -0.2) is 23.2 Å². The van der Waals surface area contributed by atoms with Crippen LogP contribution in [0, 0.1) is 0 Å². The lowest BCUT2D eigenvalue weighted by atomic mass is 10.1. The molecule has 96 valence electrons. The van der Waals surface area contributed by atoms with Crippen LogP contribution in [0.4, 0.5) is 32.0 Å². The predicted octanol–water partition coefficient (Wildman–Crippen LogP) is 2.91. The van der Waals surface area contributed by atoms with Crippen molar-refractivity contribution in [3.05, 3.63) is 30.3 Å². The first-order valence-electron chi connectivity index (χ1n) is 4.27. The molecule has 2 N–H and O–H groups in total. The van der Waals surface area contributed by atoms with Gasteiger partial charge in [-0.15, -0.1) is 0 Å². The number of halogens is 6. The minimum absolute atomic E-state index is 0.496. The van der Waals surface area contributed by atoms with Crippen LogP contribution in [0.2, 0.25) is 0 Å². The van der Waals surface area contributed by atoms with Gasteiger partial charge in [-0.3, -0.25) is 0 Å². The van der Waals surface area contributed by atoms with E-state index in [9.17, 15) is 26.3 Å². The first kappa shape index (κ1) is 13.6. The maximum atomic E-state index is 12.3. The lowest BCUT2D eigenvalue weighted by Gasteiger charge is -2.33. The third kappa shape index (κ3) is 2.63. The van der Waals surface area contributed by atoms with Crippen molar-refractivity contribution in [1.29, 1.82) is 0 Å². The summed E-state index contributed by atoms with van der Waals surface area (Å²) in [7, 11) is 0. The molecule has 0 fully saturated rings. The van der Waals surface area contributed by atoms with E-state index in [0.29, 0.717) is 0 Å². The Labute approximate surface area is 91.9 Å². The molecule has 0 radical (unpaired) electrons. The Kier molecular flexibility index (Phi) is 3.28. The summed E-state index contributed by atoms with van der Waals surface area (Å²) >= 11 is 0. The van der Waals surface area contributed by atoms with Crippen LogP contribution < -0.4 is 5.32 Å². The average molecular weight is 259 g/mol. The van der Waals surface area contributed by atoms with Crippen LogP contribution >= 0.6 is 0 Å². The van der Waals surface area contributed by atoms with Crippen molar-refractivity contribution in [1.82, 2.24) is 0 Å². The number of hydrogen-bond acceptors (Lipinski definition) is 2. The molecule has 0 aliphatic carbocycles. The van der Waals surface area contributed by atoms with Gasteiger partial charge in [-0.2, -0.15) is 26.3 Å². The van der Waals surface area contributed by atoms with Crippen LogP contribution in [0.3, 0.4) is 0 Å². The van der Waals surface area contributed by atoms with Crippen LogP contribution in [0.25, 0.3) is 0 Å². The van der Waals surface area contributed by atoms with Crippen molar-refractivity contribution in [2.24, 2.45) is 0 Å². The lowest BCUT2D eigenvalue weighted by Crippen LogP contribution is -2.62. The fourth-order valence-electron chi connectivity index (χ4n) is 1.03. The normalized spacial score (nSPS) is 13.6. The van der Waals surface area contributed by atoms with Gasteiger partial charge >= 0.3 is 18.1 Å². The van der Waals surface area contributed by atoms with Crippen molar-refractivity contribution < 1.29 is 31.4 Å². The number of nitrogens with one attached hydrogen (secondary N) is 1. The van der Waals surface area contributed by atoms with Gasteiger partial charge in [0, 0.05) is 5.69 Å². The summed E-state index contributed by atoms with van der Waals surface area (Å²) in [5.41, 5.74) is -5.47. The van der Waals surface area contributed by atoms with Gasteiger partial charge in [0.1, 0.15) is 0 Å². The first-order valence-corrected chi connectivity index (χ1v) is 4.27. The molecule has 0 bridgehead atoms. The van der Waals surface area contributed by atoms with Crippen LogP contribution in [0.15, 0.2) is 30.3 Å². The first-order chi connectivity index (χ1) is 7.58. The van der Waals surface area contributed by atoms with E-state index in [4.69, 9.17) is 5.11 Å². The van der Waals surface area contributed by atoms with Crippen LogP contribution in [-0.2, 0) is 0 Å². The summed E-state index contributed by atoms with van der Waals surface area (Å²) in [5.74, 6) is 0. The number of anilines is 1. The average Bonchev–Trinajstić information content (AvgIpc) is 2.15. The number of aliphatic hydroxyl groups is 1. The zero-order valence-electron chi connectivity index (χ0n) is 8.10. The van der Waals surface area contributed by atoms with E-state index in [0.717, 1.165) is 17.4 Å². The van der Waals surface area contributed by atoms with Crippen molar-refractivity contribution in [2.45, 2.75) is 18.1 Å². The molecule has 17 heavy (non-hydrogen) atoms.